The van der Waals surface area contributed by atoms with Crippen LogP contribution in [0.5, 0.6) is 0 Å². The topological polar surface area (TPSA) is 111 Å². The van der Waals surface area contributed by atoms with Gasteiger partial charge in [-0.05, 0) is 30.2 Å². The summed E-state index contributed by atoms with van der Waals surface area (Å²) in [5, 5.41) is 26.3. The van der Waals surface area contributed by atoms with Crippen molar-refractivity contribution in [1.82, 2.24) is 0 Å². The van der Waals surface area contributed by atoms with Gasteiger partial charge in [-0.2, -0.15) is 10.5 Å². The molecule has 0 saturated heterocycles. The van der Waals surface area contributed by atoms with Crippen molar-refractivity contribution in [3.63, 3.8) is 0 Å². The van der Waals surface area contributed by atoms with E-state index in [-0.39, 0.29) is 17.8 Å². The monoisotopic (exact) mass is 320 g/mol. The van der Waals surface area contributed by atoms with Gasteiger partial charge in [-0.25, -0.2) is 4.79 Å². The Hall–Kier alpha value is -3.82. The molecule has 0 aromatic heterocycles. The molecule has 1 rings (SSSR count). The molecular formula is C18H12N2O4. The van der Waals surface area contributed by atoms with E-state index >= 15 is 0 Å². The summed E-state index contributed by atoms with van der Waals surface area (Å²) in [6.45, 7) is 1.81. The molecule has 0 saturated carbocycles. The molecule has 0 spiro atoms. The van der Waals surface area contributed by atoms with Crippen LogP contribution in [0, 0.1) is 34.7 Å². The number of nitrogens with zero attached hydrogens (tertiary/aromatic N) is 2. The average Bonchev–Trinajstić information content (AvgIpc) is 2.59. The molecule has 0 aliphatic carbocycles. The van der Waals surface area contributed by atoms with Crippen LogP contribution >= 0.6 is 0 Å². The lowest BCUT2D eigenvalue weighted by Gasteiger charge is -2.00. The van der Waals surface area contributed by atoms with Crippen molar-refractivity contribution in [1.29, 1.82) is 10.5 Å². The predicted octanol–water partition coefficient (Wildman–Crippen LogP) is 1.97. The Labute approximate surface area is 138 Å². The molecule has 6 heteroatoms. The highest BCUT2D eigenvalue weighted by Gasteiger charge is 2.10. The van der Waals surface area contributed by atoms with Crippen molar-refractivity contribution in [2.75, 3.05) is 6.61 Å². The molecule has 0 amide bonds. The zero-order valence-corrected chi connectivity index (χ0v) is 12.7. The second-order valence-electron chi connectivity index (χ2n) is 4.29. The first-order valence-corrected chi connectivity index (χ1v) is 6.76. The lowest BCUT2D eigenvalue weighted by Crippen LogP contribution is -2.05. The van der Waals surface area contributed by atoms with Crippen molar-refractivity contribution in [2.45, 2.75) is 6.92 Å². The molecule has 1 N–H and O–H groups in total. The summed E-state index contributed by atoms with van der Waals surface area (Å²) in [6.07, 6.45) is 4.14. The van der Waals surface area contributed by atoms with Crippen molar-refractivity contribution in [3.8, 4) is 24.2 Å². The number of hydrogen-bond donors (Lipinski definition) is 1. The number of hydrogen-bond acceptors (Lipinski definition) is 6. The Kier molecular flexibility index (Phi) is 7.03. The molecule has 0 radical (unpaired) electrons. The summed E-state index contributed by atoms with van der Waals surface area (Å²) >= 11 is 0. The van der Waals surface area contributed by atoms with Gasteiger partial charge in [-0.1, -0.05) is 24.3 Å². The van der Waals surface area contributed by atoms with E-state index in [1.54, 1.807) is 43.3 Å². The van der Waals surface area contributed by atoms with Crippen LogP contribution in [-0.2, 0) is 14.3 Å². The van der Waals surface area contributed by atoms with Crippen LogP contribution in [-0.4, -0.2) is 23.5 Å². The van der Waals surface area contributed by atoms with Gasteiger partial charge in [0.1, 0.15) is 29.4 Å². The third-order valence-electron chi connectivity index (χ3n) is 2.71. The number of carbonyl (C=O) groups is 2. The van der Waals surface area contributed by atoms with E-state index in [0.717, 1.165) is 0 Å². The molecule has 0 unspecified atom stereocenters. The number of nitriles is 2. The molecule has 0 heterocycles. The summed E-state index contributed by atoms with van der Waals surface area (Å²) in [5.74, 6) is 0.367. The van der Waals surface area contributed by atoms with Crippen LogP contribution in [0.3, 0.4) is 0 Å². The van der Waals surface area contributed by atoms with Gasteiger partial charge in [-0.15, -0.1) is 0 Å². The van der Waals surface area contributed by atoms with Crippen LogP contribution in [0.4, 0.5) is 0 Å². The normalized spacial score (nSPS) is 10.6. The van der Waals surface area contributed by atoms with E-state index < -0.39 is 11.8 Å². The lowest BCUT2D eigenvalue weighted by atomic mass is 10.1. The number of aliphatic hydroxyl groups is 1. The average molecular weight is 320 g/mol. The first-order valence-electron chi connectivity index (χ1n) is 6.76. The summed E-state index contributed by atoms with van der Waals surface area (Å²) < 4.78 is 4.76. The van der Waals surface area contributed by atoms with Crippen LogP contribution in [0.15, 0.2) is 35.4 Å². The minimum absolute atomic E-state index is 0.133. The summed E-state index contributed by atoms with van der Waals surface area (Å²) in [6, 6.07) is 9.89. The third kappa shape index (κ3) is 5.18. The van der Waals surface area contributed by atoms with Crippen LogP contribution in [0.2, 0.25) is 0 Å². The smallest absolute Gasteiger partial charge is 0.348 e. The standard InChI is InChI=1S/C18H12N2O4/c1-2-24-18(23)16(12-20)10-14-5-3-13(4-6-14)9-15(11-19)17(22)7-8-21/h3-6,9-10,21H,2H2,1H3/b15-9+,16-10+. The fourth-order valence-electron chi connectivity index (χ4n) is 1.63. The van der Waals surface area contributed by atoms with E-state index in [1.807, 2.05) is 5.92 Å². The molecule has 0 bridgehead atoms. The first-order chi connectivity index (χ1) is 11.5. The van der Waals surface area contributed by atoms with Crippen LogP contribution in [0.1, 0.15) is 18.1 Å². The minimum Gasteiger partial charge on any atom is -0.462 e. The second kappa shape index (κ2) is 9.25. The lowest BCUT2D eigenvalue weighted by molar-refractivity contribution is -0.137. The number of aliphatic hydroxyl groups excluding tert-OH is 1. The Balaban J connectivity index is 3.07. The number of ether oxygens (including phenoxy) is 1. The molecular weight excluding hydrogens is 308 g/mol. The molecule has 118 valence electrons. The van der Waals surface area contributed by atoms with E-state index in [2.05, 4.69) is 0 Å². The van der Waals surface area contributed by atoms with Gasteiger partial charge < -0.3 is 9.84 Å². The van der Waals surface area contributed by atoms with Crippen LogP contribution in [0.25, 0.3) is 12.2 Å². The van der Waals surface area contributed by atoms with Gasteiger partial charge in [0.25, 0.3) is 0 Å². The minimum atomic E-state index is -0.793. The first kappa shape index (κ1) is 18.2. The summed E-state index contributed by atoms with van der Waals surface area (Å²) in [7, 11) is 0. The Morgan fingerprint density at radius 3 is 2.00 bits per heavy atom. The molecule has 0 aliphatic rings. The molecule has 0 atom stereocenters. The van der Waals surface area contributed by atoms with Crippen molar-refractivity contribution in [3.05, 3.63) is 46.5 Å². The van der Waals surface area contributed by atoms with Gasteiger partial charge in [-0.3, -0.25) is 4.79 Å². The molecule has 1 aromatic carbocycles. The zero-order chi connectivity index (χ0) is 17.9. The summed E-state index contributed by atoms with van der Waals surface area (Å²) in [4.78, 5) is 23.0. The highest BCUT2D eigenvalue weighted by Crippen LogP contribution is 2.13. The van der Waals surface area contributed by atoms with Crippen LogP contribution < -0.4 is 0 Å². The van der Waals surface area contributed by atoms with Crippen molar-refractivity contribution < 1.29 is 19.4 Å². The number of rotatable bonds is 5. The van der Waals surface area contributed by atoms with Gasteiger partial charge >= 0.3 is 5.97 Å². The molecule has 24 heavy (non-hydrogen) atoms. The van der Waals surface area contributed by atoms with Gasteiger partial charge in [0.2, 0.25) is 5.78 Å². The Bertz CT molecular complexity index is 838. The number of esters is 1. The van der Waals surface area contributed by atoms with E-state index in [4.69, 9.17) is 20.4 Å². The third-order valence-corrected chi connectivity index (χ3v) is 2.71. The quantitative estimate of drug-likeness (QED) is 0.384. The fraction of sp³-hybridized carbons (Fsp3) is 0.111. The van der Waals surface area contributed by atoms with Crippen molar-refractivity contribution in [2.24, 2.45) is 0 Å². The number of carbonyl (C=O) groups excluding carboxylic acids is 2. The number of ketones is 1. The highest BCUT2D eigenvalue weighted by molar-refractivity contribution is 6.13. The van der Waals surface area contributed by atoms with E-state index in [0.29, 0.717) is 11.1 Å². The number of Topliss-reactive ketones (excluding diaryl/α,β-unsaturated/α-hetero) is 1. The van der Waals surface area contributed by atoms with Gasteiger partial charge in [0.05, 0.1) is 6.61 Å². The molecule has 0 fully saturated rings. The van der Waals surface area contributed by atoms with Gasteiger partial charge in [0.15, 0.2) is 0 Å². The second-order valence-corrected chi connectivity index (χ2v) is 4.29. The maximum absolute atomic E-state index is 11.5. The van der Waals surface area contributed by atoms with Gasteiger partial charge in [0, 0.05) is 5.92 Å². The highest BCUT2D eigenvalue weighted by atomic mass is 16.5. The molecule has 1 aromatic rings. The SMILES string of the molecule is CCOC(=O)/C(C#N)=C/c1ccc(/C=C(\C#N)C(=O)C#CO)cc1. The number of allylic oxidation sites excluding steroid dienone is 1. The van der Waals surface area contributed by atoms with Crippen molar-refractivity contribution >= 4 is 23.9 Å². The molecule has 6 nitrogen and oxygen atoms in total. The van der Waals surface area contributed by atoms with E-state index in [1.165, 1.54) is 18.3 Å². The maximum Gasteiger partial charge on any atom is 0.348 e. The Morgan fingerprint density at radius 2 is 1.58 bits per heavy atom. The fourth-order valence-corrected chi connectivity index (χ4v) is 1.63. The molecule has 0 aliphatic heterocycles. The maximum atomic E-state index is 11.5. The Morgan fingerprint density at radius 1 is 1.08 bits per heavy atom. The predicted molar refractivity (Wildman–Crippen MR) is 85.0 cm³/mol. The summed E-state index contributed by atoms with van der Waals surface area (Å²) in [5.41, 5.74) is 0.776. The largest absolute Gasteiger partial charge is 0.462 e. The van der Waals surface area contributed by atoms with E-state index in [9.17, 15) is 9.59 Å². The zero-order valence-electron chi connectivity index (χ0n) is 12.7. The number of benzene rings is 1.